The Labute approximate surface area is 112 Å². The third-order valence-electron chi connectivity index (χ3n) is 3.51. The van der Waals surface area contributed by atoms with E-state index in [0.717, 1.165) is 12.8 Å². The summed E-state index contributed by atoms with van der Waals surface area (Å²) in [6, 6.07) is 3.63. The molecule has 0 amide bonds. The average Bonchev–Trinajstić information content (AvgIpc) is 2.28. The Bertz CT molecular complexity index is 454. The van der Waals surface area contributed by atoms with E-state index in [1.807, 2.05) is 0 Å². The smallest absolute Gasteiger partial charge is 0.339 e. The first-order valence-corrected chi connectivity index (χ1v) is 6.56. The summed E-state index contributed by atoms with van der Waals surface area (Å²) in [6.45, 7) is 4.20. The summed E-state index contributed by atoms with van der Waals surface area (Å²) in [5.41, 5.74) is 0.222. The van der Waals surface area contributed by atoms with Crippen molar-refractivity contribution in [2.24, 2.45) is 0 Å². The van der Waals surface area contributed by atoms with Gasteiger partial charge in [0.05, 0.1) is 0 Å². The molecule has 2 rings (SSSR count). The van der Waals surface area contributed by atoms with Crippen molar-refractivity contribution < 1.29 is 9.90 Å². The molecule has 0 aromatic carbocycles. The van der Waals surface area contributed by atoms with Gasteiger partial charge in [0.25, 0.3) is 0 Å². The Balaban J connectivity index is 2.47. The van der Waals surface area contributed by atoms with E-state index in [1.54, 1.807) is 0 Å². The number of nitrogens with zero attached hydrogens (tertiary/aromatic N) is 2. The van der Waals surface area contributed by atoms with E-state index >= 15 is 0 Å². The Hall–Kier alpha value is -1.29. The monoisotopic (exact) mass is 268 g/mol. The van der Waals surface area contributed by atoms with E-state index < -0.39 is 5.97 Å². The third kappa shape index (κ3) is 2.43. The molecule has 1 saturated heterocycles. The van der Waals surface area contributed by atoms with Gasteiger partial charge in [-0.2, -0.15) is 0 Å². The summed E-state index contributed by atoms with van der Waals surface area (Å²) >= 11 is 5.91. The topological polar surface area (TPSA) is 53.4 Å². The minimum Gasteiger partial charge on any atom is -0.478 e. The van der Waals surface area contributed by atoms with Crippen molar-refractivity contribution in [2.75, 3.05) is 4.90 Å². The second-order valence-electron chi connectivity index (χ2n) is 4.85. The van der Waals surface area contributed by atoms with Crippen LogP contribution in [0.5, 0.6) is 0 Å². The summed E-state index contributed by atoms with van der Waals surface area (Å²) in [5.74, 6) is -0.464. The van der Waals surface area contributed by atoms with Crippen LogP contribution >= 0.6 is 11.6 Å². The Morgan fingerprint density at radius 2 is 2.00 bits per heavy atom. The van der Waals surface area contributed by atoms with Crippen molar-refractivity contribution >= 4 is 23.4 Å². The maximum Gasteiger partial charge on any atom is 0.339 e. The number of aromatic nitrogens is 1. The summed E-state index contributed by atoms with van der Waals surface area (Å²) in [4.78, 5) is 17.6. The number of carboxylic acid groups (broad SMARTS) is 1. The van der Waals surface area contributed by atoms with Crippen LogP contribution in [0.1, 0.15) is 43.5 Å². The first kappa shape index (κ1) is 13.1. The SMILES string of the molecule is CC1CCCC(C)N1c1nc(Cl)ccc1C(=O)O. The summed E-state index contributed by atoms with van der Waals surface area (Å²) < 4.78 is 0. The highest BCUT2D eigenvalue weighted by Gasteiger charge is 2.29. The normalized spacial score (nSPS) is 24.1. The zero-order valence-electron chi connectivity index (χ0n) is 10.6. The highest BCUT2D eigenvalue weighted by Crippen LogP contribution is 2.31. The summed E-state index contributed by atoms with van der Waals surface area (Å²) in [7, 11) is 0. The number of hydrogen-bond acceptors (Lipinski definition) is 3. The molecule has 0 radical (unpaired) electrons. The maximum absolute atomic E-state index is 11.3. The fraction of sp³-hybridized carbons (Fsp3) is 0.538. The lowest BCUT2D eigenvalue weighted by Crippen LogP contribution is -2.45. The number of hydrogen-bond donors (Lipinski definition) is 1. The molecule has 0 bridgehead atoms. The Morgan fingerprint density at radius 3 is 2.56 bits per heavy atom. The Kier molecular flexibility index (Phi) is 3.76. The van der Waals surface area contributed by atoms with E-state index in [-0.39, 0.29) is 17.6 Å². The molecule has 1 aromatic heterocycles. The molecular formula is C13H17ClN2O2. The van der Waals surface area contributed by atoms with E-state index in [0.29, 0.717) is 11.0 Å². The highest BCUT2D eigenvalue weighted by molar-refractivity contribution is 6.29. The van der Waals surface area contributed by atoms with Gasteiger partial charge in [0.1, 0.15) is 16.5 Å². The van der Waals surface area contributed by atoms with Gasteiger partial charge in [-0.25, -0.2) is 9.78 Å². The number of anilines is 1. The maximum atomic E-state index is 11.3. The number of pyridine rings is 1. The predicted molar refractivity (Wildman–Crippen MR) is 71.5 cm³/mol. The van der Waals surface area contributed by atoms with E-state index in [9.17, 15) is 9.90 Å². The lowest BCUT2D eigenvalue weighted by atomic mass is 9.97. The lowest BCUT2D eigenvalue weighted by Gasteiger charge is -2.40. The van der Waals surface area contributed by atoms with Crippen LogP contribution in [0, 0.1) is 0 Å². The van der Waals surface area contributed by atoms with Crippen LogP contribution in [0.3, 0.4) is 0 Å². The van der Waals surface area contributed by atoms with Gasteiger partial charge in [0.2, 0.25) is 0 Å². The van der Waals surface area contributed by atoms with Gasteiger partial charge in [-0.05, 0) is 45.2 Å². The van der Waals surface area contributed by atoms with Crippen molar-refractivity contribution in [3.8, 4) is 0 Å². The molecule has 1 aliphatic heterocycles. The molecule has 18 heavy (non-hydrogen) atoms. The molecule has 1 aliphatic rings. The minimum atomic E-state index is -0.959. The zero-order valence-corrected chi connectivity index (χ0v) is 11.3. The number of carbonyl (C=O) groups is 1. The van der Waals surface area contributed by atoms with Gasteiger partial charge in [-0.3, -0.25) is 0 Å². The molecule has 1 fully saturated rings. The van der Waals surface area contributed by atoms with Crippen LogP contribution in [0.25, 0.3) is 0 Å². The molecule has 1 aromatic rings. The fourth-order valence-corrected chi connectivity index (χ4v) is 2.77. The van der Waals surface area contributed by atoms with Gasteiger partial charge >= 0.3 is 5.97 Å². The number of rotatable bonds is 2. The van der Waals surface area contributed by atoms with Crippen LogP contribution in [0.15, 0.2) is 12.1 Å². The van der Waals surface area contributed by atoms with E-state index in [1.165, 1.54) is 18.6 Å². The van der Waals surface area contributed by atoms with Crippen molar-refractivity contribution in [1.82, 2.24) is 4.98 Å². The molecule has 2 unspecified atom stereocenters. The van der Waals surface area contributed by atoms with Crippen LogP contribution < -0.4 is 4.90 Å². The van der Waals surface area contributed by atoms with Crippen LogP contribution in [0.2, 0.25) is 5.15 Å². The van der Waals surface area contributed by atoms with Gasteiger partial charge in [-0.1, -0.05) is 11.6 Å². The van der Waals surface area contributed by atoms with Crippen LogP contribution in [0.4, 0.5) is 5.82 Å². The molecule has 98 valence electrons. The lowest BCUT2D eigenvalue weighted by molar-refractivity contribution is 0.0697. The summed E-state index contributed by atoms with van der Waals surface area (Å²) in [5, 5.41) is 9.58. The highest BCUT2D eigenvalue weighted by atomic mass is 35.5. The molecule has 2 heterocycles. The first-order valence-electron chi connectivity index (χ1n) is 6.19. The zero-order chi connectivity index (χ0) is 13.3. The number of piperidine rings is 1. The third-order valence-corrected chi connectivity index (χ3v) is 3.72. The van der Waals surface area contributed by atoms with Crippen LogP contribution in [-0.4, -0.2) is 28.1 Å². The van der Waals surface area contributed by atoms with Crippen molar-refractivity contribution in [3.63, 3.8) is 0 Å². The van der Waals surface area contributed by atoms with Crippen molar-refractivity contribution in [3.05, 3.63) is 22.8 Å². The molecular weight excluding hydrogens is 252 g/mol. The molecule has 0 saturated carbocycles. The standard InChI is InChI=1S/C13H17ClN2O2/c1-8-4-3-5-9(2)16(8)12-10(13(17)18)6-7-11(14)15-12/h6-9H,3-5H2,1-2H3,(H,17,18). The number of carboxylic acids is 1. The molecule has 1 N–H and O–H groups in total. The number of aromatic carboxylic acids is 1. The molecule has 5 heteroatoms. The molecule has 0 aliphatic carbocycles. The van der Waals surface area contributed by atoms with Crippen molar-refractivity contribution in [1.29, 1.82) is 0 Å². The van der Waals surface area contributed by atoms with Crippen molar-refractivity contribution in [2.45, 2.75) is 45.2 Å². The van der Waals surface area contributed by atoms with Gasteiger partial charge in [0.15, 0.2) is 0 Å². The minimum absolute atomic E-state index is 0.222. The van der Waals surface area contributed by atoms with E-state index in [4.69, 9.17) is 11.6 Å². The van der Waals surface area contributed by atoms with E-state index in [2.05, 4.69) is 23.7 Å². The summed E-state index contributed by atoms with van der Waals surface area (Å²) in [6.07, 6.45) is 3.27. The molecule has 2 atom stereocenters. The van der Waals surface area contributed by atoms with Gasteiger partial charge < -0.3 is 10.0 Å². The second kappa shape index (κ2) is 5.14. The molecule has 4 nitrogen and oxygen atoms in total. The van der Waals surface area contributed by atoms with Gasteiger partial charge in [-0.15, -0.1) is 0 Å². The predicted octanol–water partition coefficient (Wildman–Crippen LogP) is 3.20. The van der Waals surface area contributed by atoms with Crippen LogP contribution in [-0.2, 0) is 0 Å². The van der Waals surface area contributed by atoms with Gasteiger partial charge in [0, 0.05) is 12.1 Å². The largest absolute Gasteiger partial charge is 0.478 e. The average molecular weight is 269 g/mol. The first-order chi connectivity index (χ1) is 8.50. The fourth-order valence-electron chi connectivity index (χ4n) is 2.63. The second-order valence-corrected chi connectivity index (χ2v) is 5.23. The molecule has 0 spiro atoms. The quantitative estimate of drug-likeness (QED) is 0.837. The Morgan fingerprint density at radius 1 is 1.39 bits per heavy atom. The number of halogens is 1.